The highest BCUT2D eigenvalue weighted by atomic mass is 35.5. The van der Waals surface area contributed by atoms with Crippen molar-refractivity contribution in [3.8, 4) is 0 Å². The average Bonchev–Trinajstić information content (AvgIpc) is 3.21. The van der Waals surface area contributed by atoms with E-state index >= 15 is 0 Å². The van der Waals surface area contributed by atoms with Crippen molar-refractivity contribution in [2.75, 3.05) is 6.54 Å². The first kappa shape index (κ1) is 21.0. The number of carbonyl (C=O) groups excluding carboxylic acids is 2. The van der Waals surface area contributed by atoms with Gasteiger partial charge in [-0.05, 0) is 41.8 Å². The zero-order chi connectivity index (χ0) is 23.4. The van der Waals surface area contributed by atoms with Crippen LogP contribution >= 0.6 is 11.6 Å². The molecule has 2 atom stereocenters. The van der Waals surface area contributed by atoms with Crippen LogP contribution < -0.4 is 0 Å². The predicted molar refractivity (Wildman–Crippen MR) is 133 cm³/mol. The van der Waals surface area contributed by atoms with E-state index in [1.165, 1.54) is 0 Å². The molecule has 2 aliphatic heterocycles. The summed E-state index contributed by atoms with van der Waals surface area (Å²) in [4.78, 5) is 34.4. The van der Waals surface area contributed by atoms with E-state index in [4.69, 9.17) is 11.6 Å². The van der Waals surface area contributed by atoms with Crippen molar-refractivity contribution in [1.29, 1.82) is 0 Å². The molecule has 1 saturated heterocycles. The monoisotopic (exact) mass is 469 g/mol. The van der Waals surface area contributed by atoms with Gasteiger partial charge >= 0.3 is 0 Å². The van der Waals surface area contributed by atoms with E-state index in [9.17, 15) is 9.59 Å². The summed E-state index contributed by atoms with van der Waals surface area (Å²) in [5.74, 6) is -0.0453. The van der Waals surface area contributed by atoms with Gasteiger partial charge in [0.05, 0.1) is 6.04 Å². The van der Waals surface area contributed by atoms with E-state index in [0.717, 1.165) is 38.9 Å². The van der Waals surface area contributed by atoms with E-state index in [1.807, 2.05) is 48.2 Å². The Morgan fingerprint density at radius 3 is 2.47 bits per heavy atom. The van der Waals surface area contributed by atoms with Crippen LogP contribution in [0.1, 0.15) is 34.0 Å². The summed E-state index contributed by atoms with van der Waals surface area (Å²) < 4.78 is 0. The molecule has 1 aromatic heterocycles. The van der Waals surface area contributed by atoms with Crippen molar-refractivity contribution in [2.24, 2.45) is 0 Å². The topological polar surface area (TPSA) is 56.4 Å². The van der Waals surface area contributed by atoms with Crippen LogP contribution in [0.2, 0.25) is 5.02 Å². The van der Waals surface area contributed by atoms with Crippen LogP contribution in [0.3, 0.4) is 0 Å². The fraction of sp³-hybridized carbons (Fsp3) is 0.214. The van der Waals surface area contributed by atoms with E-state index in [2.05, 4.69) is 41.4 Å². The second-order valence-electron chi connectivity index (χ2n) is 9.22. The van der Waals surface area contributed by atoms with Crippen LogP contribution in [0.25, 0.3) is 10.9 Å². The maximum absolute atomic E-state index is 13.8. The van der Waals surface area contributed by atoms with Crippen LogP contribution in [-0.4, -0.2) is 39.2 Å². The van der Waals surface area contributed by atoms with Crippen molar-refractivity contribution >= 4 is 34.3 Å². The average molecular weight is 470 g/mol. The number of H-pyrrole nitrogens is 1. The summed E-state index contributed by atoms with van der Waals surface area (Å²) in [7, 11) is 0. The van der Waals surface area contributed by atoms with E-state index < -0.39 is 6.04 Å². The molecule has 0 aliphatic carbocycles. The third-order valence-electron chi connectivity index (χ3n) is 7.02. The number of piperazine rings is 1. The number of fused-ring (bicyclic) bond motifs is 4. The Morgan fingerprint density at radius 2 is 1.71 bits per heavy atom. The number of hydrogen-bond donors (Lipinski definition) is 1. The fourth-order valence-corrected chi connectivity index (χ4v) is 5.49. The summed E-state index contributed by atoms with van der Waals surface area (Å²) in [5.41, 5.74) is 6.28. The molecular formula is C28H24ClN3O2. The molecule has 1 N–H and O–H groups in total. The molecule has 3 aromatic carbocycles. The number of rotatable bonds is 3. The Morgan fingerprint density at radius 1 is 0.971 bits per heavy atom. The fourth-order valence-electron chi connectivity index (χ4n) is 5.36. The lowest BCUT2D eigenvalue weighted by Crippen LogP contribution is -2.62. The standard InChI is InChI=1S/C28H24ClN3O2/c1-17-6-10-19(11-7-17)27-26-22(21-4-2-3-5-23(21)30-26)14-24-28(34)31(16-25(33)32(24)27)15-18-8-12-20(29)13-9-18/h2-13,24,27,30H,14-16H2,1H3/t24-,27-/m0/s1. The maximum atomic E-state index is 13.8. The Hall–Kier alpha value is -3.57. The third-order valence-corrected chi connectivity index (χ3v) is 7.27. The molecule has 0 unspecified atom stereocenters. The van der Waals surface area contributed by atoms with E-state index in [1.54, 1.807) is 4.90 Å². The van der Waals surface area contributed by atoms with Gasteiger partial charge in [-0.25, -0.2) is 0 Å². The zero-order valence-electron chi connectivity index (χ0n) is 18.8. The Bertz CT molecular complexity index is 1410. The highest BCUT2D eigenvalue weighted by Crippen LogP contribution is 2.42. The molecule has 6 heteroatoms. The normalized spacial score (nSPS) is 19.9. The van der Waals surface area contributed by atoms with Crippen LogP contribution in [0.15, 0.2) is 72.8 Å². The summed E-state index contributed by atoms with van der Waals surface area (Å²) in [6, 6.07) is 23.0. The summed E-state index contributed by atoms with van der Waals surface area (Å²) in [6.07, 6.45) is 0.503. The molecule has 3 heterocycles. The Kier molecular flexibility index (Phi) is 4.96. The second-order valence-corrected chi connectivity index (χ2v) is 9.65. The molecule has 0 spiro atoms. The van der Waals surface area contributed by atoms with Gasteiger partial charge in [-0.2, -0.15) is 0 Å². The SMILES string of the molecule is Cc1ccc([C@H]2c3[nH]c4ccccc4c3C[C@H]3C(=O)N(Cc4ccc(Cl)cc4)CC(=O)N23)cc1. The number of hydrogen-bond acceptors (Lipinski definition) is 2. The lowest BCUT2D eigenvalue weighted by Gasteiger charge is -2.47. The minimum Gasteiger partial charge on any atom is -0.356 e. The Labute approximate surface area is 202 Å². The van der Waals surface area contributed by atoms with Crippen molar-refractivity contribution in [2.45, 2.75) is 32.0 Å². The number of para-hydroxylation sites is 1. The molecular weight excluding hydrogens is 446 g/mol. The highest BCUT2D eigenvalue weighted by Gasteiger charge is 2.48. The number of benzene rings is 3. The van der Waals surface area contributed by atoms with E-state index in [-0.39, 0.29) is 24.4 Å². The lowest BCUT2D eigenvalue weighted by molar-refractivity contribution is -0.159. The molecule has 170 valence electrons. The smallest absolute Gasteiger partial charge is 0.246 e. The first-order chi connectivity index (χ1) is 16.5. The number of carbonyl (C=O) groups is 2. The maximum Gasteiger partial charge on any atom is 0.246 e. The van der Waals surface area contributed by atoms with Gasteiger partial charge in [-0.1, -0.05) is 71.8 Å². The van der Waals surface area contributed by atoms with Gasteiger partial charge in [-0.15, -0.1) is 0 Å². The van der Waals surface area contributed by atoms with Gasteiger partial charge in [0.25, 0.3) is 0 Å². The number of amides is 2. The highest BCUT2D eigenvalue weighted by molar-refractivity contribution is 6.30. The number of nitrogens with one attached hydrogen (secondary N) is 1. The minimum absolute atomic E-state index is 0.0115. The molecule has 34 heavy (non-hydrogen) atoms. The lowest BCUT2D eigenvalue weighted by atomic mass is 9.86. The molecule has 1 fully saturated rings. The number of aromatic nitrogens is 1. The third kappa shape index (κ3) is 3.39. The minimum atomic E-state index is -0.536. The van der Waals surface area contributed by atoms with Gasteiger partial charge in [0.2, 0.25) is 11.8 Å². The molecule has 6 rings (SSSR count). The zero-order valence-corrected chi connectivity index (χ0v) is 19.5. The summed E-state index contributed by atoms with van der Waals surface area (Å²) in [6.45, 7) is 2.50. The molecule has 4 aromatic rings. The predicted octanol–water partition coefficient (Wildman–Crippen LogP) is 5.01. The number of aromatic amines is 1. The van der Waals surface area contributed by atoms with Crippen molar-refractivity contribution in [3.05, 3.63) is 106 Å². The largest absolute Gasteiger partial charge is 0.356 e. The molecule has 0 radical (unpaired) electrons. The Balaban J connectivity index is 1.44. The number of halogens is 1. The molecule has 2 aliphatic rings. The van der Waals surface area contributed by atoms with Crippen molar-refractivity contribution in [1.82, 2.24) is 14.8 Å². The molecule has 0 bridgehead atoms. The number of nitrogens with zero attached hydrogens (tertiary/aromatic N) is 2. The molecule has 5 nitrogen and oxygen atoms in total. The van der Waals surface area contributed by atoms with E-state index in [0.29, 0.717) is 18.0 Å². The quantitative estimate of drug-likeness (QED) is 0.458. The first-order valence-electron chi connectivity index (χ1n) is 11.5. The molecule has 0 saturated carbocycles. The van der Waals surface area contributed by atoms with Crippen molar-refractivity contribution in [3.63, 3.8) is 0 Å². The van der Waals surface area contributed by atoms with Gasteiger partial charge in [-0.3, -0.25) is 9.59 Å². The second kappa shape index (κ2) is 8.03. The van der Waals surface area contributed by atoms with Gasteiger partial charge in [0, 0.05) is 34.6 Å². The van der Waals surface area contributed by atoms with Gasteiger partial charge in [0.15, 0.2) is 0 Å². The number of aryl methyl sites for hydroxylation is 1. The van der Waals surface area contributed by atoms with Crippen LogP contribution in [0.5, 0.6) is 0 Å². The van der Waals surface area contributed by atoms with Crippen LogP contribution in [0, 0.1) is 6.92 Å². The van der Waals surface area contributed by atoms with Crippen molar-refractivity contribution < 1.29 is 9.59 Å². The van der Waals surface area contributed by atoms with Crippen LogP contribution in [-0.2, 0) is 22.6 Å². The van der Waals surface area contributed by atoms with Gasteiger partial charge < -0.3 is 14.8 Å². The first-order valence-corrected chi connectivity index (χ1v) is 11.9. The van der Waals surface area contributed by atoms with Crippen LogP contribution in [0.4, 0.5) is 0 Å². The van der Waals surface area contributed by atoms with Gasteiger partial charge in [0.1, 0.15) is 12.6 Å². The summed E-state index contributed by atoms with van der Waals surface area (Å²) >= 11 is 6.02. The molecule has 2 amide bonds. The summed E-state index contributed by atoms with van der Waals surface area (Å²) in [5, 5.41) is 1.76.